The average molecular weight is 338 g/mol. The fourth-order valence-corrected chi connectivity index (χ4v) is 2.33. The molecule has 2 aromatic carbocycles. The first-order valence-corrected chi connectivity index (χ1v) is 6.65. The number of hydrogen-bond acceptors (Lipinski definition) is 3. The van der Waals surface area contributed by atoms with Crippen LogP contribution in [0, 0.1) is 11.3 Å². The molecule has 5 heteroatoms. The molecule has 0 aliphatic carbocycles. The topological polar surface area (TPSA) is 59.0 Å². The van der Waals surface area contributed by atoms with Crippen molar-refractivity contribution in [2.75, 3.05) is 5.73 Å². The van der Waals surface area contributed by atoms with Crippen LogP contribution in [0.25, 0.3) is 0 Å². The number of benzene rings is 2. The van der Waals surface area contributed by atoms with Crippen molar-refractivity contribution in [1.29, 1.82) is 5.26 Å². The summed E-state index contributed by atoms with van der Waals surface area (Å²) in [5.74, 6) is 1.28. The van der Waals surface area contributed by atoms with Crippen LogP contribution >= 0.6 is 27.5 Å². The number of nitrogens with zero attached hydrogens (tertiary/aromatic N) is 1. The first-order valence-electron chi connectivity index (χ1n) is 5.48. The van der Waals surface area contributed by atoms with Gasteiger partial charge in [-0.25, -0.2) is 0 Å². The molecule has 0 radical (unpaired) electrons. The lowest BCUT2D eigenvalue weighted by Crippen LogP contribution is -1.94. The zero-order chi connectivity index (χ0) is 13.8. The lowest BCUT2D eigenvalue weighted by molar-refractivity contribution is 0.479. The van der Waals surface area contributed by atoms with Gasteiger partial charge in [-0.15, -0.1) is 0 Å². The van der Waals surface area contributed by atoms with Gasteiger partial charge < -0.3 is 10.5 Å². The Morgan fingerprint density at radius 2 is 2.05 bits per heavy atom. The molecular weight excluding hydrogens is 328 g/mol. The predicted molar refractivity (Wildman–Crippen MR) is 79.4 cm³/mol. The monoisotopic (exact) mass is 336 g/mol. The maximum atomic E-state index is 8.73. The van der Waals surface area contributed by atoms with Gasteiger partial charge >= 0.3 is 0 Å². The van der Waals surface area contributed by atoms with Gasteiger partial charge in [0.15, 0.2) is 0 Å². The standard InChI is InChI=1S/C14H10BrClN2O/c15-12-8-10(16)1-4-14(12)19-11-2-3-13(18)9(7-11)5-6-17/h1-4,7-8H,5,18H2. The van der Waals surface area contributed by atoms with Crippen LogP contribution in [-0.4, -0.2) is 0 Å². The number of hydrogen-bond donors (Lipinski definition) is 1. The first kappa shape index (κ1) is 13.7. The molecule has 0 atom stereocenters. The molecule has 0 saturated carbocycles. The predicted octanol–water partition coefficient (Wildman–Crippen LogP) is 4.54. The van der Waals surface area contributed by atoms with Gasteiger partial charge in [-0.05, 0) is 57.9 Å². The summed E-state index contributed by atoms with van der Waals surface area (Å²) >= 11 is 9.25. The van der Waals surface area contributed by atoms with E-state index in [1.165, 1.54) is 0 Å². The Bertz CT molecular complexity index is 652. The summed E-state index contributed by atoms with van der Waals surface area (Å²) in [7, 11) is 0. The summed E-state index contributed by atoms with van der Waals surface area (Å²) in [6.45, 7) is 0. The lowest BCUT2D eigenvalue weighted by Gasteiger charge is -2.10. The number of nitrogens with two attached hydrogens (primary N) is 1. The first-order chi connectivity index (χ1) is 9.10. The van der Waals surface area contributed by atoms with Crippen LogP contribution in [0.4, 0.5) is 5.69 Å². The smallest absolute Gasteiger partial charge is 0.141 e. The second kappa shape index (κ2) is 5.96. The number of ether oxygens (including phenoxy) is 1. The van der Waals surface area contributed by atoms with E-state index >= 15 is 0 Å². The van der Waals surface area contributed by atoms with Crippen molar-refractivity contribution < 1.29 is 4.74 Å². The molecule has 2 N–H and O–H groups in total. The maximum absolute atomic E-state index is 8.73. The van der Waals surface area contributed by atoms with E-state index in [0.717, 1.165) is 10.0 Å². The van der Waals surface area contributed by atoms with Gasteiger partial charge in [0.05, 0.1) is 17.0 Å². The van der Waals surface area contributed by atoms with E-state index in [1.54, 1.807) is 36.4 Å². The highest BCUT2D eigenvalue weighted by molar-refractivity contribution is 9.10. The largest absolute Gasteiger partial charge is 0.456 e. The molecule has 0 spiro atoms. The third-order valence-electron chi connectivity index (χ3n) is 2.51. The number of halogens is 2. The fraction of sp³-hybridized carbons (Fsp3) is 0.0714. The normalized spacial score (nSPS) is 9.95. The summed E-state index contributed by atoms with van der Waals surface area (Å²) in [4.78, 5) is 0. The molecule has 0 aliphatic rings. The van der Waals surface area contributed by atoms with E-state index in [1.807, 2.05) is 0 Å². The van der Waals surface area contributed by atoms with Gasteiger partial charge in [0.2, 0.25) is 0 Å². The SMILES string of the molecule is N#CCc1cc(Oc2ccc(Cl)cc2Br)ccc1N. The number of nitrogen functional groups attached to an aromatic ring is 1. The number of nitriles is 1. The summed E-state index contributed by atoms with van der Waals surface area (Å²) in [5.41, 5.74) is 7.13. The Kier molecular flexibility index (Phi) is 4.31. The van der Waals surface area contributed by atoms with E-state index in [-0.39, 0.29) is 6.42 Å². The maximum Gasteiger partial charge on any atom is 0.141 e. The highest BCUT2D eigenvalue weighted by Crippen LogP contribution is 2.32. The zero-order valence-electron chi connectivity index (χ0n) is 9.86. The minimum Gasteiger partial charge on any atom is -0.456 e. The van der Waals surface area contributed by atoms with Crippen molar-refractivity contribution in [3.63, 3.8) is 0 Å². The van der Waals surface area contributed by atoms with Crippen molar-refractivity contribution >= 4 is 33.2 Å². The summed E-state index contributed by atoms with van der Waals surface area (Å²) < 4.78 is 6.50. The van der Waals surface area contributed by atoms with Gasteiger partial charge in [0, 0.05) is 10.7 Å². The van der Waals surface area contributed by atoms with E-state index < -0.39 is 0 Å². The summed E-state index contributed by atoms with van der Waals surface area (Å²) in [6, 6.07) is 12.6. The minimum atomic E-state index is 0.255. The Morgan fingerprint density at radius 1 is 1.26 bits per heavy atom. The van der Waals surface area contributed by atoms with E-state index in [2.05, 4.69) is 22.0 Å². The van der Waals surface area contributed by atoms with E-state index in [0.29, 0.717) is 22.2 Å². The molecule has 2 aromatic rings. The highest BCUT2D eigenvalue weighted by Gasteiger charge is 2.06. The molecule has 0 fully saturated rings. The molecule has 0 aromatic heterocycles. The van der Waals surface area contributed by atoms with Gasteiger partial charge in [-0.1, -0.05) is 11.6 Å². The molecule has 0 amide bonds. The molecule has 96 valence electrons. The number of anilines is 1. The zero-order valence-corrected chi connectivity index (χ0v) is 12.2. The van der Waals surface area contributed by atoms with E-state index in [9.17, 15) is 0 Å². The molecule has 0 saturated heterocycles. The average Bonchev–Trinajstić information content (AvgIpc) is 2.37. The van der Waals surface area contributed by atoms with Crippen LogP contribution < -0.4 is 10.5 Å². The van der Waals surface area contributed by atoms with Crippen LogP contribution in [0.15, 0.2) is 40.9 Å². The molecule has 0 unspecified atom stereocenters. The molecule has 3 nitrogen and oxygen atoms in total. The van der Waals surface area contributed by atoms with Crippen LogP contribution in [0.1, 0.15) is 5.56 Å². The van der Waals surface area contributed by atoms with Crippen LogP contribution in [0.2, 0.25) is 5.02 Å². The molecule has 0 aliphatic heterocycles. The molecular formula is C14H10BrClN2O. The van der Waals surface area contributed by atoms with Gasteiger partial charge in [0.25, 0.3) is 0 Å². The summed E-state index contributed by atoms with van der Waals surface area (Å²) in [5, 5.41) is 9.36. The van der Waals surface area contributed by atoms with E-state index in [4.69, 9.17) is 27.3 Å². The second-order valence-corrected chi connectivity index (χ2v) is 5.16. The van der Waals surface area contributed by atoms with Crippen LogP contribution in [0.3, 0.4) is 0 Å². The molecule has 19 heavy (non-hydrogen) atoms. The van der Waals surface area contributed by atoms with Gasteiger partial charge in [-0.3, -0.25) is 0 Å². The van der Waals surface area contributed by atoms with Crippen LogP contribution in [-0.2, 0) is 6.42 Å². The van der Waals surface area contributed by atoms with Crippen molar-refractivity contribution in [3.05, 3.63) is 51.5 Å². The van der Waals surface area contributed by atoms with Crippen LogP contribution in [0.5, 0.6) is 11.5 Å². The molecule has 0 bridgehead atoms. The second-order valence-electron chi connectivity index (χ2n) is 3.87. The Balaban J connectivity index is 2.28. The van der Waals surface area contributed by atoms with Crippen molar-refractivity contribution in [2.24, 2.45) is 0 Å². The third kappa shape index (κ3) is 3.40. The van der Waals surface area contributed by atoms with Gasteiger partial charge in [0.1, 0.15) is 11.5 Å². The molecule has 2 rings (SSSR count). The quantitative estimate of drug-likeness (QED) is 0.836. The lowest BCUT2D eigenvalue weighted by atomic mass is 10.1. The summed E-state index contributed by atoms with van der Waals surface area (Å²) in [6.07, 6.45) is 0.255. The van der Waals surface area contributed by atoms with Gasteiger partial charge in [-0.2, -0.15) is 5.26 Å². The minimum absolute atomic E-state index is 0.255. The molecule has 0 heterocycles. The van der Waals surface area contributed by atoms with Crippen molar-refractivity contribution in [1.82, 2.24) is 0 Å². The van der Waals surface area contributed by atoms with Crippen molar-refractivity contribution in [2.45, 2.75) is 6.42 Å². The van der Waals surface area contributed by atoms with Crippen molar-refractivity contribution in [3.8, 4) is 17.6 Å². The number of rotatable bonds is 3. The Hall–Kier alpha value is -1.70. The fourth-order valence-electron chi connectivity index (χ4n) is 1.57. The Labute approximate surface area is 124 Å². The third-order valence-corrected chi connectivity index (χ3v) is 3.36. The highest BCUT2D eigenvalue weighted by atomic mass is 79.9. The Morgan fingerprint density at radius 3 is 2.74 bits per heavy atom.